The standard InChI is InChI=1S/C14H15N3O2S2/c1-2-9-20-14-15-12-6-5-11(17-7-3-4-8-17)10-13(12)21(18,19)16-14/h1,5-6,10H,3-4,7-9H2,(H,15,16). The Morgan fingerprint density at radius 3 is 2.86 bits per heavy atom. The summed E-state index contributed by atoms with van der Waals surface area (Å²) in [5.41, 5.74) is 1.50. The third-order valence-electron chi connectivity index (χ3n) is 3.45. The Hall–Kier alpha value is -1.65. The van der Waals surface area contributed by atoms with Crippen molar-refractivity contribution >= 4 is 38.3 Å². The maximum absolute atomic E-state index is 12.3. The van der Waals surface area contributed by atoms with Gasteiger partial charge in [-0.3, -0.25) is 0 Å². The van der Waals surface area contributed by atoms with Gasteiger partial charge in [0.2, 0.25) is 0 Å². The van der Waals surface area contributed by atoms with Crippen molar-refractivity contribution in [2.75, 3.05) is 29.1 Å². The number of hydrogen-bond acceptors (Lipinski definition) is 5. The Balaban J connectivity index is 1.94. The van der Waals surface area contributed by atoms with Crippen LogP contribution in [0.2, 0.25) is 0 Å². The average Bonchev–Trinajstić information content (AvgIpc) is 2.98. The quantitative estimate of drug-likeness (QED) is 0.846. The lowest BCUT2D eigenvalue weighted by atomic mass is 10.2. The van der Waals surface area contributed by atoms with Gasteiger partial charge >= 0.3 is 0 Å². The van der Waals surface area contributed by atoms with E-state index in [1.807, 2.05) is 6.07 Å². The summed E-state index contributed by atoms with van der Waals surface area (Å²) in [4.78, 5) is 2.43. The van der Waals surface area contributed by atoms with E-state index in [-0.39, 0.29) is 4.90 Å². The second-order valence-corrected chi connectivity index (χ2v) is 7.40. The Morgan fingerprint density at radius 2 is 2.14 bits per heavy atom. The zero-order chi connectivity index (χ0) is 14.9. The molecule has 110 valence electrons. The SMILES string of the molecule is C#CCSC1=NS(=O)(=O)c2cc(N3CCCC3)ccc2N1. The first kappa shape index (κ1) is 14.3. The van der Waals surface area contributed by atoms with Crippen LogP contribution in [0.1, 0.15) is 12.8 Å². The van der Waals surface area contributed by atoms with Crippen molar-refractivity contribution in [3.63, 3.8) is 0 Å². The zero-order valence-electron chi connectivity index (χ0n) is 11.4. The molecule has 1 aromatic carbocycles. The molecular weight excluding hydrogens is 306 g/mol. The van der Waals surface area contributed by atoms with Crippen molar-refractivity contribution < 1.29 is 8.42 Å². The van der Waals surface area contributed by atoms with E-state index in [0.717, 1.165) is 31.6 Å². The molecule has 2 aliphatic heterocycles. The highest BCUT2D eigenvalue weighted by molar-refractivity contribution is 8.15. The summed E-state index contributed by atoms with van der Waals surface area (Å²) in [7, 11) is -3.66. The number of benzene rings is 1. The molecule has 0 saturated carbocycles. The van der Waals surface area contributed by atoms with Crippen LogP contribution in [0, 0.1) is 12.3 Å². The van der Waals surface area contributed by atoms with Crippen LogP contribution in [-0.4, -0.2) is 32.4 Å². The van der Waals surface area contributed by atoms with Gasteiger partial charge in [-0.15, -0.1) is 10.8 Å². The first-order valence-corrected chi connectivity index (χ1v) is 9.10. The molecule has 0 spiro atoms. The molecule has 1 N–H and O–H groups in total. The number of amidine groups is 1. The van der Waals surface area contributed by atoms with Gasteiger partial charge in [-0.2, -0.15) is 8.42 Å². The fourth-order valence-corrected chi connectivity index (χ4v) is 4.40. The first-order valence-electron chi connectivity index (χ1n) is 6.67. The predicted octanol–water partition coefficient (Wildman–Crippen LogP) is 2.12. The molecule has 2 aliphatic rings. The number of sulfonamides is 1. The molecule has 0 unspecified atom stereocenters. The van der Waals surface area contributed by atoms with E-state index < -0.39 is 10.0 Å². The number of nitrogens with zero attached hydrogens (tertiary/aromatic N) is 2. The lowest BCUT2D eigenvalue weighted by Gasteiger charge is -2.22. The van der Waals surface area contributed by atoms with Gasteiger partial charge in [-0.25, -0.2) is 0 Å². The fourth-order valence-electron chi connectivity index (χ4n) is 2.47. The normalized spacial score (nSPS) is 19.4. The second kappa shape index (κ2) is 5.62. The Labute approximate surface area is 128 Å². The first-order chi connectivity index (χ1) is 10.1. The molecule has 3 rings (SSSR count). The van der Waals surface area contributed by atoms with E-state index in [4.69, 9.17) is 6.42 Å². The van der Waals surface area contributed by atoms with Crippen LogP contribution in [0.4, 0.5) is 11.4 Å². The number of anilines is 2. The molecule has 21 heavy (non-hydrogen) atoms. The highest BCUT2D eigenvalue weighted by atomic mass is 32.2. The van der Waals surface area contributed by atoms with Crippen molar-refractivity contribution in [2.45, 2.75) is 17.7 Å². The summed E-state index contributed by atoms with van der Waals surface area (Å²) in [6, 6.07) is 5.45. The van der Waals surface area contributed by atoms with E-state index in [1.165, 1.54) is 11.8 Å². The van der Waals surface area contributed by atoms with Crippen LogP contribution in [-0.2, 0) is 10.0 Å². The molecule has 0 bridgehead atoms. The number of nitrogens with one attached hydrogen (secondary N) is 1. The predicted molar refractivity (Wildman–Crippen MR) is 87.4 cm³/mol. The average molecular weight is 321 g/mol. The van der Waals surface area contributed by atoms with Gasteiger partial charge in [0.15, 0.2) is 5.17 Å². The molecule has 1 fully saturated rings. The molecule has 0 atom stereocenters. The highest BCUT2D eigenvalue weighted by Gasteiger charge is 2.26. The third-order valence-corrected chi connectivity index (χ3v) is 5.66. The Bertz CT molecular complexity index is 729. The third kappa shape index (κ3) is 2.87. The van der Waals surface area contributed by atoms with Gasteiger partial charge in [-0.05, 0) is 31.0 Å². The van der Waals surface area contributed by atoms with E-state index in [2.05, 4.69) is 20.5 Å². The molecule has 5 nitrogen and oxygen atoms in total. The maximum atomic E-state index is 12.3. The second-order valence-electron chi connectivity index (χ2n) is 4.86. The molecule has 0 aliphatic carbocycles. The lowest BCUT2D eigenvalue weighted by molar-refractivity contribution is 0.598. The maximum Gasteiger partial charge on any atom is 0.286 e. The van der Waals surface area contributed by atoms with E-state index in [1.54, 1.807) is 12.1 Å². The Kier molecular flexibility index (Phi) is 3.83. The van der Waals surface area contributed by atoms with E-state index in [9.17, 15) is 8.42 Å². The van der Waals surface area contributed by atoms with Crippen LogP contribution < -0.4 is 10.2 Å². The summed E-state index contributed by atoms with van der Waals surface area (Å²) < 4.78 is 28.4. The minimum atomic E-state index is -3.66. The number of terminal acetylenes is 1. The van der Waals surface area contributed by atoms with Crippen LogP contribution in [0.5, 0.6) is 0 Å². The van der Waals surface area contributed by atoms with Crippen LogP contribution in [0.3, 0.4) is 0 Å². The summed E-state index contributed by atoms with van der Waals surface area (Å²) in [5, 5.41) is 3.35. The number of thioether (sulfide) groups is 1. The number of rotatable bonds is 2. The van der Waals surface area contributed by atoms with Crippen molar-refractivity contribution in [1.29, 1.82) is 0 Å². The van der Waals surface area contributed by atoms with Gasteiger partial charge in [-0.1, -0.05) is 17.7 Å². The number of hydrogen-bond donors (Lipinski definition) is 1. The molecule has 0 aromatic heterocycles. The van der Waals surface area contributed by atoms with Crippen molar-refractivity contribution in [2.24, 2.45) is 4.40 Å². The van der Waals surface area contributed by atoms with Crippen LogP contribution >= 0.6 is 11.8 Å². The van der Waals surface area contributed by atoms with Gasteiger partial charge < -0.3 is 10.2 Å². The van der Waals surface area contributed by atoms with Gasteiger partial charge in [0, 0.05) is 18.8 Å². The van der Waals surface area contributed by atoms with Crippen molar-refractivity contribution in [3.8, 4) is 12.3 Å². The van der Waals surface area contributed by atoms with Crippen LogP contribution in [0.15, 0.2) is 27.5 Å². The van der Waals surface area contributed by atoms with Gasteiger partial charge in [0.25, 0.3) is 10.0 Å². The lowest BCUT2D eigenvalue weighted by Crippen LogP contribution is -2.21. The summed E-state index contributed by atoms with van der Waals surface area (Å²) >= 11 is 1.21. The topological polar surface area (TPSA) is 61.8 Å². The molecule has 0 amide bonds. The fraction of sp³-hybridized carbons (Fsp3) is 0.357. The van der Waals surface area contributed by atoms with Gasteiger partial charge in [0.05, 0.1) is 11.4 Å². The molecular formula is C14H15N3O2S2. The van der Waals surface area contributed by atoms with E-state index >= 15 is 0 Å². The molecule has 7 heteroatoms. The smallest absolute Gasteiger partial charge is 0.286 e. The summed E-state index contributed by atoms with van der Waals surface area (Å²) in [6.07, 6.45) is 7.48. The molecule has 1 aromatic rings. The number of fused-ring (bicyclic) bond motifs is 1. The summed E-state index contributed by atoms with van der Waals surface area (Å²) in [5.74, 6) is 2.83. The largest absolute Gasteiger partial charge is 0.371 e. The Morgan fingerprint density at radius 1 is 1.38 bits per heavy atom. The van der Waals surface area contributed by atoms with Crippen molar-refractivity contribution in [3.05, 3.63) is 18.2 Å². The van der Waals surface area contributed by atoms with Crippen LogP contribution in [0.25, 0.3) is 0 Å². The highest BCUT2D eigenvalue weighted by Crippen LogP contribution is 2.33. The monoisotopic (exact) mass is 321 g/mol. The van der Waals surface area contributed by atoms with E-state index in [0.29, 0.717) is 16.6 Å². The summed E-state index contributed by atoms with van der Waals surface area (Å²) in [6.45, 7) is 1.94. The molecule has 0 radical (unpaired) electrons. The molecule has 1 saturated heterocycles. The minimum Gasteiger partial charge on any atom is -0.371 e. The van der Waals surface area contributed by atoms with Crippen molar-refractivity contribution in [1.82, 2.24) is 0 Å². The minimum absolute atomic E-state index is 0.233. The van der Waals surface area contributed by atoms with Gasteiger partial charge in [0.1, 0.15) is 4.90 Å². The molecule has 2 heterocycles. The zero-order valence-corrected chi connectivity index (χ0v) is 13.0.